The van der Waals surface area contributed by atoms with Crippen LogP contribution in [0.4, 0.5) is 8.78 Å². The first-order valence-electron chi connectivity index (χ1n) is 8.86. The summed E-state index contributed by atoms with van der Waals surface area (Å²) in [6.07, 6.45) is 3.71. The summed E-state index contributed by atoms with van der Waals surface area (Å²) < 4.78 is 34.7. The van der Waals surface area contributed by atoms with Gasteiger partial charge in [-0.2, -0.15) is 14.0 Å². The number of nitrogens with zero attached hydrogens (tertiary/aromatic N) is 1. The highest BCUT2D eigenvalue weighted by Gasteiger charge is 2.18. The highest BCUT2D eigenvalue weighted by Crippen LogP contribution is 2.31. The number of fused-ring (bicyclic) bond motifs is 1. The van der Waals surface area contributed by atoms with Gasteiger partial charge in [0.05, 0.1) is 7.11 Å². The average Bonchev–Trinajstić information content (AvgIpc) is 3.15. The normalized spacial score (nSPS) is 11.5. The van der Waals surface area contributed by atoms with Gasteiger partial charge in [-0.15, -0.1) is 0 Å². The number of aryl methyl sites for hydroxylation is 1. The van der Waals surface area contributed by atoms with Crippen molar-refractivity contribution >= 4 is 22.8 Å². The van der Waals surface area contributed by atoms with Gasteiger partial charge < -0.3 is 14.5 Å². The van der Waals surface area contributed by atoms with Crippen LogP contribution in [0, 0.1) is 11.3 Å². The number of carbonyl (C=O) groups excluding carboxylic acids is 1. The molecule has 0 saturated carbocycles. The Labute approximate surface area is 166 Å². The molecule has 0 unspecified atom stereocenters. The summed E-state index contributed by atoms with van der Waals surface area (Å²) in [5.74, 6) is -0.518. The summed E-state index contributed by atoms with van der Waals surface area (Å²) >= 11 is 0. The van der Waals surface area contributed by atoms with E-state index in [2.05, 4.69) is 9.72 Å². The van der Waals surface area contributed by atoms with Gasteiger partial charge in [0.1, 0.15) is 11.6 Å². The van der Waals surface area contributed by atoms with Crippen molar-refractivity contribution < 1.29 is 23.0 Å². The quantitative estimate of drug-likeness (QED) is 0.341. The molecule has 1 N–H and O–H groups in total. The van der Waals surface area contributed by atoms with E-state index >= 15 is 0 Å². The Morgan fingerprint density at radius 3 is 2.72 bits per heavy atom. The number of Topliss-reactive ketones (excluding diaryl/α,β-unsaturated/α-hetero) is 1. The lowest BCUT2D eigenvalue weighted by molar-refractivity contribution is -0.0512. The van der Waals surface area contributed by atoms with Gasteiger partial charge in [0, 0.05) is 22.7 Å². The molecule has 3 rings (SSSR count). The number of allylic oxidation sites excluding steroid dienone is 1. The number of carbonyl (C=O) groups is 1. The number of ketones is 1. The Kier molecular flexibility index (Phi) is 5.93. The standard InChI is InChI=1S/C22H18F2N2O3/c1-3-14-5-4-6-16-17(12-26-20(14)16)21(27)15(11-25)9-13-7-8-18(28-2)19(10-13)29-22(23)24/h4-10,12,22,26H,3H2,1-2H3/b15-9+. The topological polar surface area (TPSA) is 75.1 Å². The summed E-state index contributed by atoms with van der Waals surface area (Å²) in [5.41, 5.74) is 2.53. The van der Waals surface area contributed by atoms with E-state index in [1.807, 2.05) is 31.2 Å². The predicted molar refractivity (Wildman–Crippen MR) is 105 cm³/mol. The molecule has 0 aliphatic heterocycles. The zero-order valence-corrected chi connectivity index (χ0v) is 15.8. The number of aromatic nitrogens is 1. The number of ether oxygens (including phenoxy) is 2. The van der Waals surface area contributed by atoms with Crippen molar-refractivity contribution in [1.29, 1.82) is 5.26 Å². The van der Waals surface area contributed by atoms with Gasteiger partial charge in [0.25, 0.3) is 0 Å². The van der Waals surface area contributed by atoms with E-state index in [-0.39, 0.29) is 17.1 Å². The molecule has 0 aliphatic carbocycles. The third kappa shape index (κ3) is 4.11. The summed E-state index contributed by atoms with van der Waals surface area (Å²) in [6, 6.07) is 11.8. The van der Waals surface area contributed by atoms with E-state index in [1.165, 1.54) is 25.3 Å². The second-order valence-corrected chi connectivity index (χ2v) is 6.18. The first-order chi connectivity index (χ1) is 14.0. The molecule has 0 bridgehead atoms. The Bertz CT molecular complexity index is 1130. The molecule has 2 aromatic carbocycles. The lowest BCUT2D eigenvalue weighted by Gasteiger charge is -2.10. The zero-order chi connectivity index (χ0) is 21.0. The van der Waals surface area contributed by atoms with Gasteiger partial charge in [-0.3, -0.25) is 4.79 Å². The predicted octanol–water partition coefficient (Wildman–Crippen LogP) is 5.13. The van der Waals surface area contributed by atoms with Gasteiger partial charge in [0.2, 0.25) is 5.78 Å². The third-order valence-electron chi connectivity index (χ3n) is 4.51. The summed E-state index contributed by atoms with van der Waals surface area (Å²) in [7, 11) is 1.33. The molecule has 29 heavy (non-hydrogen) atoms. The largest absolute Gasteiger partial charge is 0.493 e. The number of methoxy groups -OCH3 is 1. The van der Waals surface area contributed by atoms with E-state index in [0.29, 0.717) is 11.1 Å². The molecular weight excluding hydrogens is 378 g/mol. The first-order valence-corrected chi connectivity index (χ1v) is 8.86. The van der Waals surface area contributed by atoms with E-state index < -0.39 is 12.4 Å². The monoisotopic (exact) mass is 396 g/mol. The number of para-hydroxylation sites is 1. The van der Waals surface area contributed by atoms with Crippen LogP contribution in [-0.4, -0.2) is 24.5 Å². The molecule has 1 heterocycles. The Balaban J connectivity index is 2.01. The molecule has 0 atom stereocenters. The van der Waals surface area contributed by atoms with Crippen LogP contribution in [0.5, 0.6) is 11.5 Å². The van der Waals surface area contributed by atoms with Crippen LogP contribution in [-0.2, 0) is 6.42 Å². The van der Waals surface area contributed by atoms with Crippen molar-refractivity contribution in [3.8, 4) is 17.6 Å². The lowest BCUT2D eigenvalue weighted by atomic mass is 9.99. The summed E-state index contributed by atoms with van der Waals surface area (Å²) in [4.78, 5) is 16.1. The number of alkyl halides is 2. The molecule has 148 valence electrons. The molecular formula is C22H18F2N2O3. The second kappa shape index (κ2) is 8.57. The van der Waals surface area contributed by atoms with Crippen molar-refractivity contribution in [2.45, 2.75) is 20.0 Å². The summed E-state index contributed by atoms with van der Waals surface area (Å²) in [6.45, 7) is -1.01. The number of hydrogen-bond acceptors (Lipinski definition) is 4. The second-order valence-electron chi connectivity index (χ2n) is 6.18. The number of benzene rings is 2. The van der Waals surface area contributed by atoms with Crippen molar-refractivity contribution in [2.24, 2.45) is 0 Å². The maximum absolute atomic E-state index is 13.0. The molecule has 7 heteroatoms. The Morgan fingerprint density at radius 2 is 2.07 bits per heavy atom. The Hall–Kier alpha value is -3.66. The van der Waals surface area contributed by atoms with Crippen molar-refractivity contribution in [3.63, 3.8) is 0 Å². The van der Waals surface area contributed by atoms with E-state index in [9.17, 15) is 18.8 Å². The molecule has 0 fully saturated rings. The molecule has 0 aliphatic rings. The first kappa shape index (κ1) is 20.1. The number of H-pyrrole nitrogens is 1. The molecule has 5 nitrogen and oxygen atoms in total. The van der Waals surface area contributed by atoms with Crippen molar-refractivity contribution in [2.75, 3.05) is 7.11 Å². The number of halogens is 2. The fourth-order valence-electron chi connectivity index (χ4n) is 3.13. The number of rotatable bonds is 7. The minimum Gasteiger partial charge on any atom is -0.493 e. The zero-order valence-electron chi connectivity index (χ0n) is 15.8. The number of nitrogens with one attached hydrogen (secondary N) is 1. The fraction of sp³-hybridized carbons (Fsp3) is 0.182. The minimum atomic E-state index is -3.03. The fourth-order valence-corrected chi connectivity index (χ4v) is 3.13. The van der Waals surface area contributed by atoms with Gasteiger partial charge in [-0.25, -0.2) is 0 Å². The molecule has 0 amide bonds. The van der Waals surface area contributed by atoms with Crippen LogP contribution in [0.25, 0.3) is 17.0 Å². The highest BCUT2D eigenvalue weighted by molar-refractivity contribution is 6.20. The smallest absolute Gasteiger partial charge is 0.387 e. The highest BCUT2D eigenvalue weighted by atomic mass is 19.3. The number of aromatic amines is 1. The average molecular weight is 396 g/mol. The third-order valence-corrected chi connectivity index (χ3v) is 4.51. The van der Waals surface area contributed by atoms with Crippen molar-refractivity contribution in [1.82, 2.24) is 4.98 Å². The van der Waals surface area contributed by atoms with Crippen LogP contribution in [0.15, 0.2) is 48.2 Å². The molecule has 1 aromatic heterocycles. The molecule has 0 spiro atoms. The maximum atomic E-state index is 13.0. The lowest BCUT2D eigenvalue weighted by Crippen LogP contribution is -2.04. The van der Waals surface area contributed by atoms with Gasteiger partial charge in [-0.1, -0.05) is 31.2 Å². The van der Waals surface area contributed by atoms with Crippen LogP contribution in [0.1, 0.15) is 28.4 Å². The Morgan fingerprint density at radius 1 is 1.28 bits per heavy atom. The van der Waals surface area contributed by atoms with E-state index in [0.717, 1.165) is 22.9 Å². The molecule has 0 saturated heterocycles. The van der Waals surface area contributed by atoms with Crippen LogP contribution < -0.4 is 9.47 Å². The maximum Gasteiger partial charge on any atom is 0.387 e. The van der Waals surface area contributed by atoms with E-state index in [4.69, 9.17) is 4.74 Å². The number of hydrogen-bond donors (Lipinski definition) is 1. The van der Waals surface area contributed by atoms with Crippen LogP contribution >= 0.6 is 0 Å². The molecule has 0 radical (unpaired) electrons. The minimum absolute atomic E-state index is 0.121. The summed E-state index contributed by atoms with van der Waals surface area (Å²) in [5, 5.41) is 10.2. The van der Waals surface area contributed by atoms with Crippen LogP contribution in [0.2, 0.25) is 0 Å². The van der Waals surface area contributed by atoms with Gasteiger partial charge in [0.15, 0.2) is 11.5 Å². The van der Waals surface area contributed by atoms with Gasteiger partial charge in [-0.05, 0) is 35.8 Å². The van der Waals surface area contributed by atoms with Crippen LogP contribution in [0.3, 0.4) is 0 Å². The van der Waals surface area contributed by atoms with Gasteiger partial charge >= 0.3 is 6.61 Å². The SMILES string of the molecule is CCc1cccc2c(C(=O)/C(C#N)=C/c3ccc(OC)c(OC(F)F)c3)c[nH]c12. The number of nitriles is 1. The van der Waals surface area contributed by atoms with E-state index in [1.54, 1.807) is 12.3 Å². The molecule has 3 aromatic rings. The van der Waals surface area contributed by atoms with Crippen molar-refractivity contribution in [3.05, 3.63) is 64.9 Å².